The van der Waals surface area contributed by atoms with E-state index in [9.17, 15) is 4.79 Å². The van der Waals surface area contributed by atoms with E-state index in [4.69, 9.17) is 4.42 Å². The first kappa shape index (κ1) is 15.6. The van der Waals surface area contributed by atoms with Crippen molar-refractivity contribution in [2.75, 3.05) is 10.6 Å². The number of nitrogens with zero attached hydrogens (tertiary/aromatic N) is 3. The van der Waals surface area contributed by atoms with Crippen molar-refractivity contribution in [2.24, 2.45) is 0 Å². The second-order valence-corrected chi connectivity index (χ2v) is 6.44. The summed E-state index contributed by atoms with van der Waals surface area (Å²) in [5.41, 5.74) is 5.00. The number of aryl methyl sites for hydroxylation is 1. The summed E-state index contributed by atoms with van der Waals surface area (Å²) in [5, 5.41) is 13.3. The average Bonchev–Trinajstić information content (AvgIpc) is 3.31. The van der Waals surface area contributed by atoms with Crippen LogP contribution < -0.4 is 10.6 Å². The summed E-state index contributed by atoms with van der Waals surface area (Å²) in [6.45, 7) is 0. The first-order valence-electron chi connectivity index (χ1n) is 8.70. The van der Waals surface area contributed by atoms with Crippen molar-refractivity contribution >= 4 is 34.1 Å². The molecule has 1 amide bonds. The van der Waals surface area contributed by atoms with E-state index in [2.05, 4.69) is 30.8 Å². The number of furan rings is 1. The highest BCUT2D eigenvalue weighted by Crippen LogP contribution is 2.30. The van der Waals surface area contributed by atoms with Gasteiger partial charge in [-0.05, 0) is 36.6 Å². The van der Waals surface area contributed by atoms with Crippen LogP contribution in [0.2, 0.25) is 0 Å². The fourth-order valence-corrected chi connectivity index (χ4v) is 3.23. The molecule has 0 saturated heterocycles. The van der Waals surface area contributed by atoms with Crippen LogP contribution in [0.5, 0.6) is 0 Å². The molecule has 134 valence electrons. The van der Waals surface area contributed by atoms with Crippen molar-refractivity contribution in [2.45, 2.75) is 19.3 Å². The number of hydrogen-bond donors (Lipinski definition) is 3. The van der Waals surface area contributed by atoms with Crippen LogP contribution >= 0.6 is 0 Å². The lowest BCUT2D eigenvalue weighted by Gasteiger charge is -2.12. The number of benzene rings is 1. The van der Waals surface area contributed by atoms with E-state index < -0.39 is 0 Å². The van der Waals surface area contributed by atoms with Crippen molar-refractivity contribution in [1.82, 2.24) is 20.2 Å². The smallest absolute Gasteiger partial charge is 0.224 e. The molecule has 4 aromatic rings. The minimum Gasteiger partial charge on any atom is -0.472 e. The van der Waals surface area contributed by atoms with Gasteiger partial charge in [0.2, 0.25) is 5.91 Å². The van der Waals surface area contributed by atoms with Gasteiger partial charge in [0, 0.05) is 17.8 Å². The Labute approximate surface area is 154 Å². The zero-order chi connectivity index (χ0) is 18.2. The fourth-order valence-electron chi connectivity index (χ4n) is 3.23. The molecular formula is C19H16N6O2. The van der Waals surface area contributed by atoms with Crippen molar-refractivity contribution in [1.29, 1.82) is 0 Å². The van der Waals surface area contributed by atoms with E-state index in [-0.39, 0.29) is 5.91 Å². The van der Waals surface area contributed by atoms with Gasteiger partial charge in [-0.2, -0.15) is 5.10 Å². The number of fused-ring (bicyclic) bond motifs is 2. The van der Waals surface area contributed by atoms with Crippen LogP contribution in [0.15, 0.2) is 47.4 Å². The molecule has 0 saturated carbocycles. The van der Waals surface area contributed by atoms with E-state index in [1.54, 1.807) is 18.7 Å². The summed E-state index contributed by atoms with van der Waals surface area (Å²) in [6.07, 6.45) is 7.14. The maximum atomic E-state index is 11.9. The number of H-pyrrole nitrogens is 1. The Kier molecular flexibility index (Phi) is 3.60. The van der Waals surface area contributed by atoms with Crippen LogP contribution in [0.3, 0.4) is 0 Å². The molecule has 4 heterocycles. The lowest BCUT2D eigenvalue weighted by molar-refractivity contribution is -0.116. The number of amides is 1. The summed E-state index contributed by atoms with van der Waals surface area (Å²) in [6, 6.07) is 7.76. The van der Waals surface area contributed by atoms with Crippen molar-refractivity contribution in [3.63, 3.8) is 0 Å². The molecule has 1 aliphatic rings. The van der Waals surface area contributed by atoms with Gasteiger partial charge in [-0.3, -0.25) is 9.89 Å². The standard InChI is InChI=1S/C19H16N6O2/c26-16-3-1-2-11-4-5-13(8-14(11)22-16)21-19-17-15(9-20-25-17)23-18(24-19)12-6-7-27-10-12/h4-10H,1-3H2,(H,20,25)(H,22,26)(H,21,23,24). The lowest BCUT2D eigenvalue weighted by atomic mass is 10.1. The van der Waals surface area contributed by atoms with Gasteiger partial charge in [-0.1, -0.05) is 6.07 Å². The number of anilines is 3. The monoisotopic (exact) mass is 360 g/mol. The second-order valence-electron chi connectivity index (χ2n) is 6.44. The number of nitrogens with one attached hydrogen (secondary N) is 3. The fraction of sp³-hybridized carbons (Fsp3) is 0.158. The van der Waals surface area contributed by atoms with Gasteiger partial charge < -0.3 is 15.1 Å². The van der Waals surface area contributed by atoms with Crippen LogP contribution in [0, 0.1) is 0 Å². The summed E-state index contributed by atoms with van der Waals surface area (Å²) in [4.78, 5) is 21.0. The van der Waals surface area contributed by atoms with Crippen LogP contribution in [0.1, 0.15) is 18.4 Å². The maximum Gasteiger partial charge on any atom is 0.224 e. The lowest BCUT2D eigenvalue weighted by Crippen LogP contribution is -2.09. The molecule has 1 aromatic carbocycles. The maximum absolute atomic E-state index is 11.9. The molecule has 3 N–H and O–H groups in total. The molecular weight excluding hydrogens is 344 g/mol. The molecule has 8 heteroatoms. The molecule has 0 atom stereocenters. The van der Waals surface area contributed by atoms with Gasteiger partial charge in [-0.15, -0.1) is 0 Å². The Balaban J connectivity index is 1.55. The van der Waals surface area contributed by atoms with E-state index >= 15 is 0 Å². The number of hydrogen-bond acceptors (Lipinski definition) is 6. The third-order valence-corrected chi connectivity index (χ3v) is 4.58. The summed E-state index contributed by atoms with van der Waals surface area (Å²) in [5.74, 6) is 1.20. The Morgan fingerprint density at radius 3 is 3.00 bits per heavy atom. The molecule has 0 spiro atoms. The molecule has 3 aromatic heterocycles. The quantitative estimate of drug-likeness (QED) is 0.515. The summed E-state index contributed by atoms with van der Waals surface area (Å²) in [7, 11) is 0. The highest BCUT2D eigenvalue weighted by atomic mass is 16.3. The number of carbonyl (C=O) groups excluding carboxylic acids is 1. The predicted molar refractivity (Wildman–Crippen MR) is 101 cm³/mol. The van der Waals surface area contributed by atoms with Crippen molar-refractivity contribution in [3.8, 4) is 11.4 Å². The van der Waals surface area contributed by atoms with Crippen molar-refractivity contribution in [3.05, 3.63) is 48.6 Å². The highest BCUT2D eigenvalue weighted by molar-refractivity contribution is 5.93. The first-order chi connectivity index (χ1) is 13.3. The third kappa shape index (κ3) is 2.91. The van der Waals surface area contributed by atoms with Crippen LogP contribution in [0.25, 0.3) is 22.4 Å². The van der Waals surface area contributed by atoms with Gasteiger partial charge in [0.05, 0.1) is 18.0 Å². The molecule has 8 nitrogen and oxygen atoms in total. The van der Waals surface area contributed by atoms with Crippen LogP contribution in [-0.4, -0.2) is 26.1 Å². The average molecular weight is 360 g/mol. The minimum absolute atomic E-state index is 0.0474. The summed E-state index contributed by atoms with van der Waals surface area (Å²) < 4.78 is 5.14. The second kappa shape index (κ2) is 6.24. The Morgan fingerprint density at radius 2 is 2.11 bits per heavy atom. The Hall–Kier alpha value is -3.68. The van der Waals surface area contributed by atoms with E-state index in [1.165, 1.54) is 0 Å². The summed E-state index contributed by atoms with van der Waals surface area (Å²) >= 11 is 0. The van der Waals surface area contributed by atoms with Crippen LogP contribution in [-0.2, 0) is 11.2 Å². The molecule has 5 rings (SSSR count). The number of aromatic amines is 1. The molecule has 1 aliphatic heterocycles. The number of aromatic nitrogens is 4. The van der Waals surface area contributed by atoms with E-state index in [0.29, 0.717) is 29.1 Å². The van der Waals surface area contributed by atoms with Gasteiger partial charge in [0.1, 0.15) is 17.3 Å². The predicted octanol–water partition coefficient (Wildman–Crippen LogP) is 3.63. The molecule has 0 unspecified atom stereocenters. The van der Waals surface area contributed by atoms with Gasteiger partial charge in [0.25, 0.3) is 0 Å². The third-order valence-electron chi connectivity index (χ3n) is 4.58. The molecule has 0 aliphatic carbocycles. The minimum atomic E-state index is 0.0474. The van der Waals surface area contributed by atoms with Gasteiger partial charge in [0.15, 0.2) is 11.6 Å². The normalized spacial score (nSPS) is 13.9. The topological polar surface area (TPSA) is 109 Å². The zero-order valence-electron chi connectivity index (χ0n) is 14.3. The van der Waals surface area contributed by atoms with Crippen LogP contribution in [0.4, 0.5) is 17.2 Å². The zero-order valence-corrected chi connectivity index (χ0v) is 14.3. The molecule has 0 radical (unpaired) electrons. The number of rotatable bonds is 3. The van der Waals surface area contributed by atoms with Crippen molar-refractivity contribution < 1.29 is 9.21 Å². The van der Waals surface area contributed by atoms with E-state index in [0.717, 1.165) is 35.3 Å². The van der Waals surface area contributed by atoms with E-state index in [1.807, 2.05) is 24.3 Å². The van der Waals surface area contributed by atoms with Gasteiger partial charge in [-0.25, -0.2) is 9.97 Å². The Bertz CT molecular complexity index is 1130. The number of carbonyl (C=O) groups is 1. The highest BCUT2D eigenvalue weighted by Gasteiger charge is 2.15. The SMILES string of the molecule is O=C1CCCc2ccc(Nc3nc(-c4ccoc4)nc4cn[nH]c34)cc2N1. The van der Waals surface area contributed by atoms with Gasteiger partial charge >= 0.3 is 0 Å². The molecule has 0 bridgehead atoms. The Morgan fingerprint density at radius 1 is 1.15 bits per heavy atom. The first-order valence-corrected chi connectivity index (χ1v) is 8.70. The molecule has 0 fully saturated rings. The largest absolute Gasteiger partial charge is 0.472 e. The molecule has 27 heavy (non-hydrogen) atoms.